The molecule has 0 saturated carbocycles. The topological polar surface area (TPSA) is 87.2 Å². The van der Waals surface area contributed by atoms with Gasteiger partial charge in [0.15, 0.2) is 5.96 Å². The summed E-state index contributed by atoms with van der Waals surface area (Å²) in [5.41, 5.74) is 12.4. The van der Waals surface area contributed by atoms with Crippen LogP contribution in [0.4, 0.5) is 11.4 Å². The summed E-state index contributed by atoms with van der Waals surface area (Å²) >= 11 is 0. The van der Waals surface area contributed by atoms with Crippen molar-refractivity contribution in [2.24, 2.45) is 10.7 Å². The predicted octanol–water partition coefficient (Wildman–Crippen LogP) is 4.68. The Morgan fingerprint density at radius 1 is 1.15 bits per heavy atom. The first kappa shape index (κ1) is 18.3. The lowest BCUT2D eigenvalue weighted by Crippen LogP contribution is -2.21. The van der Waals surface area contributed by atoms with Crippen LogP contribution in [-0.4, -0.2) is 17.2 Å². The van der Waals surface area contributed by atoms with E-state index >= 15 is 0 Å². The Bertz CT molecular complexity index is 960. The number of nitrogens with one attached hydrogen (secondary N) is 2. The van der Waals surface area contributed by atoms with E-state index in [4.69, 9.17) is 11.1 Å². The second-order valence-corrected chi connectivity index (χ2v) is 6.20. The number of guanidine groups is 1. The van der Waals surface area contributed by atoms with E-state index in [1.54, 1.807) is 0 Å². The van der Waals surface area contributed by atoms with Gasteiger partial charge in [-0.25, -0.2) is 4.99 Å². The fourth-order valence-electron chi connectivity index (χ4n) is 2.97. The molecule has 1 aromatic heterocycles. The van der Waals surface area contributed by atoms with Crippen molar-refractivity contribution in [3.05, 3.63) is 77.6 Å². The van der Waals surface area contributed by atoms with Gasteiger partial charge in [0.2, 0.25) is 0 Å². The number of hydrogen-bond donors (Lipinski definition) is 3. The third kappa shape index (κ3) is 4.39. The number of benzene rings is 2. The van der Waals surface area contributed by atoms with E-state index < -0.39 is 0 Å². The normalized spacial score (nSPS) is 11.3. The Hall–Kier alpha value is -3.47. The highest BCUT2D eigenvalue weighted by atomic mass is 15.1. The van der Waals surface area contributed by atoms with Gasteiger partial charge in [0.05, 0.1) is 5.69 Å². The van der Waals surface area contributed by atoms with Gasteiger partial charge in [-0.1, -0.05) is 37.3 Å². The Morgan fingerprint density at radius 3 is 2.48 bits per heavy atom. The fourth-order valence-corrected chi connectivity index (χ4v) is 2.97. The van der Waals surface area contributed by atoms with E-state index in [0.717, 1.165) is 45.9 Å². The van der Waals surface area contributed by atoms with Gasteiger partial charge >= 0.3 is 0 Å². The van der Waals surface area contributed by atoms with Crippen molar-refractivity contribution >= 4 is 23.5 Å². The molecule has 27 heavy (non-hydrogen) atoms. The van der Waals surface area contributed by atoms with Crippen LogP contribution in [0.25, 0.3) is 11.1 Å². The Labute approximate surface area is 159 Å². The second-order valence-electron chi connectivity index (χ2n) is 6.20. The van der Waals surface area contributed by atoms with Crippen molar-refractivity contribution in [2.45, 2.75) is 20.3 Å². The van der Waals surface area contributed by atoms with E-state index in [1.165, 1.54) is 6.21 Å². The quantitative estimate of drug-likeness (QED) is 0.458. The van der Waals surface area contributed by atoms with Crippen molar-refractivity contribution < 1.29 is 0 Å². The number of anilines is 1. The molecule has 0 saturated heterocycles. The van der Waals surface area contributed by atoms with Crippen LogP contribution >= 0.6 is 0 Å². The summed E-state index contributed by atoms with van der Waals surface area (Å²) in [5.74, 6) is 0.335. The van der Waals surface area contributed by atoms with Gasteiger partial charge < -0.3 is 16.5 Å². The van der Waals surface area contributed by atoms with Gasteiger partial charge in [0.25, 0.3) is 0 Å². The lowest BCUT2D eigenvalue weighted by Gasteiger charge is -2.12. The van der Waals surface area contributed by atoms with Gasteiger partial charge in [-0.3, -0.25) is 4.98 Å². The summed E-state index contributed by atoms with van der Waals surface area (Å²) < 4.78 is 0. The SMILES string of the molecule is CCc1nc(C)cc(-c2ccc(N=C(N)Nc3ccccc3)cc2)c1C=N. The monoisotopic (exact) mass is 357 g/mol. The molecular weight excluding hydrogens is 334 g/mol. The van der Waals surface area contributed by atoms with Gasteiger partial charge in [-0.2, -0.15) is 0 Å². The van der Waals surface area contributed by atoms with E-state index in [1.807, 2.05) is 67.6 Å². The molecule has 1 heterocycles. The van der Waals surface area contributed by atoms with E-state index in [9.17, 15) is 0 Å². The van der Waals surface area contributed by atoms with Crippen LogP contribution in [0.15, 0.2) is 65.7 Å². The number of pyridine rings is 1. The third-order valence-corrected chi connectivity index (χ3v) is 4.22. The number of hydrogen-bond acceptors (Lipinski definition) is 3. The minimum absolute atomic E-state index is 0.335. The van der Waals surface area contributed by atoms with Crippen molar-refractivity contribution in [3.63, 3.8) is 0 Å². The molecule has 0 bridgehead atoms. The molecule has 4 N–H and O–H groups in total. The average Bonchev–Trinajstić information content (AvgIpc) is 2.68. The zero-order valence-corrected chi connectivity index (χ0v) is 15.5. The number of para-hydroxylation sites is 1. The molecule has 0 unspecified atom stereocenters. The van der Waals surface area contributed by atoms with Crippen molar-refractivity contribution in [1.82, 2.24) is 4.98 Å². The van der Waals surface area contributed by atoms with Crippen molar-refractivity contribution in [1.29, 1.82) is 5.41 Å². The molecule has 2 aromatic carbocycles. The first-order valence-corrected chi connectivity index (χ1v) is 8.88. The molecule has 0 aliphatic rings. The minimum atomic E-state index is 0.335. The second kappa shape index (κ2) is 8.27. The van der Waals surface area contributed by atoms with Crippen LogP contribution in [-0.2, 0) is 6.42 Å². The molecule has 0 radical (unpaired) electrons. The average molecular weight is 357 g/mol. The molecule has 0 amide bonds. The Morgan fingerprint density at radius 2 is 1.85 bits per heavy atom. The maximum absolute atomic E-state index is 7.78. The summed E-state index contributed by atoms with van der Waals surface area (Å²) in [6.45, 7) is 4.03. The van der Waals surface area contributed by atoms with Gasteiger partial charge in [-0.15, -0.1) is 0 Å². The third-order valence-electron chi connectivity index (χ3n) is 4.22. The van der Waals surface area contributed by atoms with Crippen LogP contribution in [0.5, 0.6) is 0 Å². The maximum Gasteiger partial charge on any atom is 0.198 e. The number of nitrogens with two attached hydrogens (primary N) is 1. The first-order chi connectivity index (χ1) is 13.1. The molecule has 3 rings (SSSR count). The summed E-state index contributed by atoms with van der Waals surface area (Å²) in [6.07, 6.45) is 2.18. The van der Waals surface area contributed by atoms with Crippen LogP contribution in [0.1, 0.15) is 23.9 Å². The molecular formula is C22H23N5. The van der Waals surface area contributed by atoms with Crippen molar-refractivity contribution in [3.8, 4) is 11.1 Å². The van der Waals surface area contributed by atoms with Gasteiger partial charge in [0.1, 0.15) is 0 Å². The van der Waals surface area contributed by atoms with Crippen LogP contribution < -0.4 is 11.1 Å². The molecule has 0 spiro atoms. The molecule has 0 aliphatic carbocycles. The van der Waals surface area contributed by atoms with Crippen LogP contribution in [0.3, 0.4) is 0 Å². The zero-order chi connectivity index (χ0) is 19.2. The van der Waals surface area contributed by atoms with Gasteiger partial charge in [-0.05, 0) is 54.8 Å². The first-order valence-electron chi connectivity index (χ1n) is 8.88. The van der Waals surface area contributed by atoms with Crippen LogP contribution in [0.2, 0.25) is 0 Å². The molecule has 5 heteroatoms. The highest BCUT2D eigenvalue weighted by molar-refractivity contribution is 5.94. The number of aryl methyl sites for hydroxylation is 2. The summed E-state index contributed by atoms with van der Waals surface area (Å²) in [7, 11) is 0. The smallest absolute Gasteiger partial charge is 0.198 e. The highest BCUT2D eigenvalue weighted by Gasteiger charge is 2.10. The molecule has 0 atom stereocenters. The maximum atomic E-state index is 7.78. The minimum Gasteiger partial charge on any atom is -0.369 e. The molecule has 3 aromatic rings. The van der Waals surface area contributed by atoms with Crippen molar-refractivity contribution in [2.75, 3.05) is 5.32 Å². The van der Waals surface area contributed by atoms with E-state index in [-0.39, 0.29) is 0 Å². The van der Waals surface area contributed by atoms with E-state index in [2.05, 4.69) is 22.2 Å². The standard InChI is InChI=1S/C22H23N5/c1-3-21-20(14-23)19(13-15(2)25-21)16-9-11-18(12-10-16)27-22(24)26-17-7-5-4-6-8-17/h4-14,23H,3H2,1-2H3,(H3,24,26,27). The molecule has 5 nitrogen and oxygen atoms in total. The fraction of sp³-hybridized carbons (Fsp3) is 0.136. The lowest BCUT2D eigenvalue weighted by atomic mass is 9.97. The summed E-state index contributed by atoms with van der Waals surface area (Å²) in [6, 6.07) is 19.5. The summed E-state index contributed by atoms with van der Waals surface area (Å²) in [5, 5.41) is 10.8. The molecule has 0 fully saturated rings. The predicted molar refractivity (Wildman–Crippen MR) is 113 cm³/mol. The largest absolute Gasteiger partial charge is 0.369 e. The number of aromatic nitrogens is 1. The number of aliphatic imine (C=N–C) groups is 1. The molecule has 136 valence electrons. The lowest BCUT2D eigenvalue weighted by molar-refractivity contribution is 1.00. The van der Waals surface area contributed by atoms with Gasteiger partial charge in [0, 0.05) is 28.9 Å². The highest BCUT2D eigenvalue weighted by Crippen LogP contribution is 2.27. The van der Waals surface area contributed by atoms with E-state index in [0.29, 0.717) is 5.96 Å². The Kier molecular flexibility index (Phi) is 5.61. The van der Waals surface area contributed by atoms with Crippen LogP contribution in [0, 0.1) is 12.3 Å². The number of nitrogens with zero attached hydrogens (tertiary/aromatic N) is 2. The Balaban J connectivity index is 1.87. The zero-order valence-electron chi connectivity index (χ0n) is 15.5. The summed E-state index contributed by atoms with van der Waals surface area (Å²) in [4.78, 5) is 8.96. The molecule has 0 aliphatic heterocycles. The number of rotatable bonds is 5.